The van der Waals surface area contributed by atoms with Crippen molar-refractivity contribution in [3.05, 3.63) is 35.4 Å². The largest absolute Gasteiger partial charge is 0.379 e. The molecule has 1 aliphatic heterocycles. The van der Waals surface area contributed by atoms with Gasteiger partial charge in [-0.1, -0.05) is 29.8 Å². The summed E-state index contributed by atoms with van der Waals surface area (Å²) in [6, 6.07) is 7.46. The second-order valence-corrected chi connectivity index (χ2v) is 3.39. The maximum atomic E-state index is 10.1. The molecule has 0 amide bonds. The van der Waals surface area contributed by atoms with E-state index in [2.05, 4.69) is 5.32 Å². The van der Waals surface area contributed by atoms with Gasteiger partial charge in [-0.15, -0.1) is 0 Å². The molecule has 15 heavy (non-hydrogen) atoms. The van der Waals surface area contributed by atoms with Crippen LogP contribution in [-0.4, -0.2) is 32.6 Å². The van der Waals surface area contributed by atoms with E-state index < -0.39 is 0 Å². The molecule has 82 valence electrons. The van der Waals surface area contributed by atoms with Crippen LogP contribution in [0.5, 0.6) is 0 Å². The minimum Gasteiger partial charge on any atom is -0.379 e. The van der Waals surface area contributed by atoms with Crippen molar-refractivity contribution in [2.24, 2.45) is 0 Å². The van der Waals surface area contributed by atoms with Crippen LogP contribution in [0.1, 0.15) is 15.9 Å². The van der Waals surface area contributed by atoms with Crippen molar-refractivity contribution >= 4 is 6.29 Å². The number of carbonyl (C=O) groups excluding carboxylic acids is 1. The summed E-state index contributed by atoms with van der Waals surface area (Å²) in [4.78, 5) is 10.1. The third kappa shape index (κ3) is 5.30. The Labute approximate surface area is 90.4 Å². The smallest absolute Gasteiger partial charge is 0.150 e. The molecule has 0 radical (unpaired) electrons. The van der Waals surface area contributed by atoms with E-state index in [0.29, 0.717) is 0 Å². The van der Waals surface area contributed by atoms with E-state index in [-0.39, 0.29) is 0 Å². The highest BCUT2D eigenvalue weighted by Gasteiger charge is 1.93. The van der Waals surface area contributed by atoms with Gasteiger partial charge in [0.2, 0.25) is 0 Å². The summed E-state index contributed by atoms with van der Waals surface area (Å²) < 4.78 is 5.01. The van der Waals surface area contributed by atoms with Crippen molar-refractivity contribution in [2.75, 3.05) is 26.3 Å². The van der Waals surface area contributed by atoms with Crippen LogP contribution in [0, 0.1) is 6.92 Å². The number of benzene rings is 1. The van der Waals surface area contributed by atoms with Gasteiger partial charge in [0.25, 0.3) is 0 Å². The van der Waals surface area contributed by atoms with E-state index in [0.717, 1.165) is 38.2 Å². The average Bonchev–Trinajstić information content (AvgIpc) is 2.33. The Kier molecular flexibility index (Phi) is 5.66. The van der Waals surface area contributed by atoms with Gasteiger partial charge >= 0.3 is 0 Å². The number of hydrogen-bond acceptors (Lipinski definition) is 3. The maximum Gasteiger partial charge on any atom is 0.150 e. The van der Waals surface area contributed by atoms with Crippen molar-refractivity contribution < 1.29 is 9.53 Å². The van der Waals surface area contributed by atoms with E-state index in [1.54, 1.807) is 0 Å². The van der Waals surface area contributed by atoms with Gasteiger partial charge in [-0.3, -0.25) is 4.79 Å². The van der Waals surface area contributed by atoms with E-state index >= 15 is 0 Å². The molecule has 2 rings (SSSR count). The Morgan fingerprint density at radius 2 is 1.80 bits per heavy atom. The summed E-state index contributed by atoms with van der Waals surface area (Å²) >= 11 is 0. The predicted octanol–water partition coefficient (Wildman–Crippen LogP) is 1.41. The van der Waals surface area contributed by atoms with Gasteiger partial charge in [-0.05, 0) is 6.92 Å². The molecule has 1 heterocycles. The molecule has 1 aromatic rings. The van der Waals surface area contributed by atoms with E-state index in [1.807, 2.05) is 31.2 Å². The van der Waals surface area contributed by atoms with Gasteiger partial charge in [-0.25, -0.2) is 0 Å². The highest BCUT2D eigenvalue weighted by Crippen LogP contribution is 1.98. The molecule has 1 aromatic carbocycles. The molecule has 1 N–H and O–H groups in total. The van der Waals surface area contributed by atoms with Crippen molar-refractivity contribution in [3.8, 4) is 0 Å². The van der Waals surface area contributed by atoms with Gasteiger partial charge in [0.15, 0.2) is 0 Å². The van der Waals surface area contributed by atoms with Crippen LogP contribution in [0.25, 0.3) is 0 Å². The normalized spacial score (nSPS) is 15.0. The van der Waals surface area contributed by atoms with Crippen LogP contribution in [0.4, 0.5) is 0 Å². The van der Waals surface area contributed by atoms with Crippen LogP contribution in [-0.2, 0) is 4.74 Å². The van der Waals surface area contributed by atoms with Gasteiger partial charge in [0.1, 0.15) is 6.29 Å². The highest BCUT2D eigenvalue weighted by atomic mass is 16.5. The average molecular weight is 207 g/mol. The SMILES string of the molecule is C1COCCN1.Cc1ccc(C=O)cc1. The maximum absolute atomic E-state index is 10.1. The molecule has 0 aliphatic carbocycles. The lowest BCUT2D eigenvalue weighted by atomic mass is 10.2. The van der Waals surface area contributed by atoms with Crippen molar-refractivity contribution in [2.45, 2.75) is 6.92 Å². The lowest BCUT2D eigenvalue weighted by molar-refractivity contribution is 0.109. The van der Waals surface area contributed by atoms with Crippen LogP contribution in [0.15, 0.2) is 24.3 Å². The van der Waals surface area contributed by atoms with E-state index in [1.165, 1.54) is 5.56 Å². The molecule has 0 unspecified atom stereocenters. The van der Waals surface area contributed by atoms with Crippen molar-refractivity contribution in [1.29, 1.82) is 0 Å². The zero-order valence-corrected chi connectivity index (χ0v) is 9.03. The van der Waals surface area contributed by atoms with Crippen LogP contribution < -0.4 is 5.32 Å². The third-order valence-electron chi connectivity index (χ3n) is 2.06. The molecular formula is C12H17NO2. The Hall–Kier alpha value is -1.19. The lowest BCUT2D eigenvalue weighted by Gasteiger charge is -2.10. The number of morpholine rings is 1. The summed E-state index contributed by atoms with van der Waals surface area (Å²) in [6.07, 6.45) is 0.847. The fraction of sp³-hybridized carbons (Fsp3) is 0.417. The van der Waals surface area contributed by atoms with Crippen LogP contribution in [0.3, 0.4) is 0 Å². The summed E-state index contributed by atoms with van der Waals surface area (Å²) in [5.41, 5.74) is 1.92. The highest BCUT2D eigenvalue weighted by molar-refractivity contribution is 5.74. The Morgan fingerprint density at radius 1 is 1.20 bits per heavy atom. The molecule has 1 saturated heterocycles. The monoisotopic (exact) mass is 207 g/mol. The first-order valence-corrected chi connectivity index (χ1v) is 5.13. The minimum absolute atomic E-state index is 0.737. The van der Waals surface area contributed by atoms with E-state index in [9.17, 15) is 4.79 Å². The van der Waals surface area contributed by atoms with Crippen LogP contribution in [0.2, 0.25) is 0 Å². The number of hydrogen-bond donors (Lipinski definition) is 1. The van der Waals surface area contributed by atoms with Crippen LogP contribution >= 0.6 is 0 Å². The summed E-state index contributed by atoms with van der Waals surface area (Å²) in [5, 5.41) is 3.16. The summed E-state index contributed by atoms with van der Waals surface area (Å²) in [5.74, 6) is 0. The first kappa shape index (κ1) is 11.9. The van der Waals surface area contributed by atoms with Gasteiger partial charge in [0.05, 0.1) is 13.2 Å². The fourth-order valence-electron chi connectivity index (χ4n) is 1.16. The molecule has 1 fully saturated rings. The lowest BCUT2D eigenvalue weighted by Crippen LogP contribution is -2.30. The van der Waals surface area contributed by atoms with E-state index in [4.69, 9.17) is 4.74 Å². The number of ether oxygens (including phenoxy) is 1. The molecule has 0 saturated carbocycles. The first-order valence-electron chi connectivity index (χ1n) is 5.13. The molecule has 0 atom stereocenters. The minimum atomic E-state index is 0.737. The zero-order valence-electron chi connectivity index (χ0n) is 9.03. The molecule has 0 spiro atoms. The molecule has 0 aromatic heterocycles. The number of carbonyl (C=O) groups is 1. The number of aryl methyl sites for hydroxylation is 1. The molecule has 3 heteroatoms. The standard InChI is InChI=1S/C8H8O.C4H9NO/c1-7-2-4-8(6-9)5-3-7;1-3-6-4-2-5-1/h2-6H,1H3;5H,1-4H2. The molecule has 3 nitrogen and oxygen atoms in total. The molecular weight excluding hydrogens is 190 g/mol. The second kappa shape index (κ2) is 7.15. The Balaban J connectivity index is 0.000000162. The number of aldehydes is 1. The first-order chi connectivity index (χ1) is 7.33. The molecule has 1 aliphatic rings. The quantitative estimate of drug-likeness (QED) is 0.708. The topological polar surface area (TPSA) is 38.3 Å². The molecule has 0 bridgehead atoms. The predicted molar refractivity (Wildman–Crippen MR) is 60.3 cm³/mol. The zero-order chi connectivity index (χ0) is 10.9. The van der Waals surface area contributed by atoms with Gasteiger partial charge in [-0.2, -0.15) is 0 Å². The number of nitrogens with one attached hydrogen (secondary N) is 1. The number of rotatable bonds is 1. The summed E-state index contributed by atoms with van der Waals surface area (Å²) in [6.45, 7) is 5.83. The van der Waals surface area contributed by atoms with Gasteiger partial charge in [0, 0.05) is 18.7 Å². The third-order valence-corrected chi connectivity index (χ3v) is 2.06. The second-order valence-electron chi connectivity index (χ2n) is 3.39. The Morgan fingerprint density at radius 3 is 2.13 bits per heavy atom. The van der Waals surface area contributed by atoms with Gasteiger partial charge < -0.3 is 10.1 Å². The van der Waals surface area contributed by atoms with Crippen molar-refractivity contribution in [1.82, 2.24) is 5.32 Å². The fourth-order valence-corrected chi connectivity index (χ4v) is 1.16. The Bertz CT molecular complexity index is 267. The van der Waals surface area contributed by atoms with Crippen molar-refractivity contribution in [3.63, 3.8) is 0 Å². The summed E-state index contributed by atoms with van der Waals surface area (Å²) in [7, 11) is 0.